The summed E-state index contributed by atoms with van der Waals surface area (Å²) in [6.45, 7) is 2.21. The van der Waals surface area contributed by atoms with Crippen LogP contribution in [0, 0.1) is 5.92 Å². The Kier molecular flexibility index (Phi) is 2.15. The van der Waals surface area contributed by atoms with Gasteiger partial charge in [0, 0.05) is 6.04 Å². The van der Waals surface area contributed by atoms with Gasteiger partial charge < -0.3 is 5.73 Å². The summed E-state index contributed by atoms with van der Waals surface area (Å²) in [7, 11) is 0. The third kappa shape index (κ3) is 1.28. The van der Waals surface area contributed by atoms with Crippen molar-refractivity contribution < 1.29 is 0 Å². The van der Waals surface area contributed by atoms with E-state index in [0.717, 1.165) is 10.8 Å². The normalized spacial score (nSPS) is 34.8. The second-order valence-electron chi connectivity index (χ2n) is 3.55. The van der Waals surface area contributed by atoms with E-state index in [-0.39, 0.29) is 0 Å². The molecule has 2 N–H and O–H groups in total. The molecule has 12 heavy (non-hydrogen) atoms. The van der Waals surface area contributed by atoms with Gasteiger partial charge in [0.05, 0.1) is 4.34 Å². The number of thiophene rings is 1. The summed E-state index contributed by atoms with van der Waals surface area (Å²) < 4.78 is 0.887. The topological polar surface area (TPSA) is 26.0 Å². The van der Waals surface area contributed by atoms with Crippen LogP contribution in [0.15, 0.2) is 11.4 Å². The van der Waals surface area contributed by atoms with Gasteiger partial charge in [-0.2, -0.15) is 0 Å². The molecule has 3 unspecified atom stereocenters. The van der Waals surface area contributed by atoms with Gasteiger partial charge in [-0.25, -0.2) is 0 Å². The van der Waals surface area contributed by atoms with Crippen LogP contribution in [-0.4, -0.2) is 6.04 Å². The lowest BCUT2D eigenvalue weighted by atomic mass is 9.68. The Bertz CT molecular complexity index is 284. The monoisotopic (exact) mass is 201 g/mol. The van der Waals surface area contributed by atoms with Crippen LogP contribution < -0.4 is 5.73 Å². The van der Waals surface area contributed by atoms with Crippen LogP contribution in [-0.2, 0) is 0 Å². The highest BCUT2D eigenvalue weighted by molar-refractivity contribution is 7.14. The van der Waals surface area contributed by atoms with E-state index >= 15 is 0 Å². The molecule has 1 aliphatic rings. The standard InChI is InChI=1S/C9H12ClNS/c1-5-7(3-8(5)11)6-2-9(10)12-4-6/h2,4-5,7-8H,3,11H2,1H3. The number of rotatable bonds is 1. The molecule has 0 bridgehead atoms. The zero-order valence-electron chi connectivity index (χ0n) is 6.96. The minimum Gasteiger partial charge on any atom is -0.327 e. The first kappa shape index (κ1) is 8.54. The summed E-state index contributed by atoms with van der Waals surface area (Å²) in [5.41, 5.74) is 7.20. The first-order valence-electron chi connectivity index (χ1n) is 4.18. The highest BCUT2D eigenvalue weighted by Crippen LogP contribution is 2.43. The van der Waals surface area contributed by atoms with E-state index in [1.165, 1.54) is 5.56 Å². The Labute approximate surface area is 81.5 Å². The van der Waals surface area contributed by atoms with Gasteiger partial charge >= 0.3 is 0 Å². The van der Waals surface area contributed by atoms with Crippen molar-refractivity contribution in [3.63, 3.8) is 0 Å². The SMILES string of the molecule is CC1C(N)CC1c1csc(Cl)c1. The van der Waals surface area contributed by atoms with E-state index in [1.807, 2.05) is 0 Å². The van der Waals surface area contributed by atoms with Gasteiger partial charge in [-0.3, -0.25) is 0 Å². The van der Waals surface area contributed by atoms with E-state index < -0.39 is 0 Å². The van der Waals surface area contributed by atoms with Gasteiger partial charge in [0.2, 0.25) is 0 Å². The Morgan fingerprint density at radius 2 is 2.42 bits per heavy atom. The Balaban J connectivity index is 2.12. The van der Waals surface area contributed by atoms with Crippen molar-refractivity contribution in [2.45, 2.75) is 25.3 Å². The predicted octanol–water partition coefficient (Wildman–Crippen LogP) is 2.85. The second kappa shape index (κ2) is 3.02. The maximum atomic E-state index is 5.86. The molecule has 0 spiro atoms. The zero-order chi connectivity index (χ0) is 8.72. The van der Waals surface area contributed by atoms with Crippen LogP contribution in [0.5, 0.6) is 0 Å². The van der Waals surface area contributed by atoms with E-state index in [9.17, 15) is 0 Å². The zero-order valence-corrected chi connectivity index (χ0v) is 8.53. The molecule has 66 valence electrons. The number of nitrogens with two attached hydrogens (primary N) is 1. The van der Waals surface area contributed by atoms with Gasteiger partial charge in [0.15, 0.2) is 0 Å². The molecular formula is C9H12ClNS. The van der Waals surface area contributed by atoms with Crippen molar-refractivity contribution in [3.05, 3.63) is 21.3 Å². The highest BCUT2D eigenvalue weighted by Gasteiger charge is 2.36. The average molecular weight is 202 g/mol. The van der Waals surface area contributed by atoms with Crippen LogP contribution in [0.25, 0.3) is 0 Å². The van der Waals surface area contributed by atoms with Gasteiger partial charge in [0.1, 0.15) is 0 Å². The number of halogens is 1. The van der Waals surface area contributed by atoms with Crippen LogP contribution >= 0.6 is 22.9 Å². The lowest BCUT2D eigenvalue weighted by molar-refractivity contribution is 0.227. The molecule has 3 atom stereocenters. The molecule has 1 fully saturated rings. The van der Waals surface area contributed by atoms with Gasteiger partial charge in [-0.05, 0) is 35.3 Å². The molecule has 0 aliphatic heterocycles. The summed E-state index contributed by atoms with van der Waals surface area (Å²) >= 11 is 7.47. The molecule has 0 saturated heterocycles. The minimum absolute atomic E-state index is 0.397. The van der Waals surface area contributed by atoms with Crippen LogP contribution in [0.3, 0.4) is 0 Å². The van der Waals surface area contributed by atoms with Crippen molar-refractivity contribution >= 4 is 22.9 Å². The average Bonchev–Trinajstić information content (AvgIpc) is 2.46. The fourth-order valence-corrected chi connectivity index (χ4v) is 2.74. The van der Waals surface area contributed by atoms with E-state index in [2.05, 4.69) is 18.4 Å². The smallest absolute Gasteiger partial charge is 0.0931 e. The molecule has 3 heteroatoms. The molecule has 1 aromatic heterocycles. The summed E-state index contributed by atoms with van der Waals surface area (Å²) in [4.78, 5) is 0. The molecule has 0 aromatic carbocycles. The first-order chi connectivity index (χ1) is 5.68. The summed E-state index contributed by atoms with van der Waals surface area (Å²) in [5.74, 6) is 1.28. The number of hydrogen-bond donors (Lipinski definition) is 1. The quantitative estimate of drug-likeness (QED) is 0.743. The first-order valence-corrected chi connectivity index (χ1v) is 5.43. The van der Waals surface area contributed by atoms with E-state index in [0.29, 0.717) is 17.9 Å². The van der Waals surface area contributed by atoms with Crippen molar-refractivity contribution in [2.75, 3.05) is 0 Å². The third-order valence-electron chi connectivity index (χ3n) is 2.85. The predicted molar refractivity (Wildman–Crippen MR) is 53.8 cm³/mol. The second-order valence-corrected chi connectivity index (χ2v) is 5.09. The van der Waals surface area contributed by atoms with Crippen molar-refractivity contribution in [2.24, 2.45) is 11.7 Å². The van der Waals surface area contributed by atoms with Crippen molar-refractivity contribution in [1.29, 1.82) is 0 Å². The van der Waals surface area contributed by atoms with Crippen LogP contribution in [0.4, 0.5) is 0 Å². The molecule has 0 amide bonds. The summed E-state index contributed by atoms with van der Waals surface area (Å²) in [6.07, 6.45) is 1.12. The minimum atomic E-state index is 0.397. The Morgan fingerprint density at radius 3 is 2.83 bits per heavy atom. The third-order valence-corrected chi connectivity index (χ3v) is 3.96. The lowest BCUT2D eigenvalue weighted by Gasteiger charge is -2.40. The van der Waals surface area contributed by atoms with Crippen molar-refractivity contribution in [3.8, 4) is 0 Å². The Hall–Kier alpha value is -0.0500. The molecule has 1 aliphatic carbocycles. The molecule has 2 rings (SSSR count). The van der Waals surface area contributed by atoms with Gasteiger partial charge in [0.25, 0.3) is 0 Å². The van der Waals surface area contributed by atoms with Gasteiger partial charge in [-0.15, -0.1) is 11.3 Å². The molecule has 1 aromatic rings. The van der Waals surface area contributed by atoms with Crippen LogP contribution in [0.1, 0.15) is 24.8 Å². The van der Waals surface area contributed by atoms with Gasteiger partial charge in [-0.1, -0.05) is 18.5 Å². The van der Waals surface area contributed by atoms with Crippen LogP contribution in [0.2, 0.25) is 4.34 Å². The fraction of sp³-hybridized carbons (Fsp3) is 0.556. The summed E-state index contributed by atoms with van der Waals surface area (Å²) in [6, 6.07) is 2.47. The van der Waals surface area contributed by atoms with E-state index in [4.69, 9.17) is 17.3 Å². The highest BCUT2D eigenvalue weighted by atomic mass is 35.5. The molecule has 1 saturated carbocycles. The number of hydrogen-bond acceptors (Lipinski definition) is 2. The maximum absolute atomic E-state index is 5.86. The molecule has 1 heterocycles. The fourth-order valence-electron chi connectivity index (χ4n) is 1.78. The Morgan fingerprint density at radius 1 is 1.67 bits per heavy atom. The van der Waals surface area contributed by atoms with Crippen molar-refractivity contribution in [1.82, 2.24) is 0 Å². The largest absolute Gasteiger partial charge is 0.327 e. The molecular weight excluding hydrogens is 190 g/mol. The lowest BCUT2D eigenvalue weighted by Crippen LogP contribution is -2.43. The maximum Gasteiger partial charge on any atom is 0.0931 e. The molecule has 1 nitrogen and oxygen atoms in total. The van der Waals surface area contributed by atoms with E-state index in [1.54, 1.807) is 11.3 Å². The summed E-state index contributed by atoms with van der Waals surface area (Å²) in [5, 5.41) is 2.15. The molecule has 0 radical (unpaired) electrons.